The average molecular weight is 179 g/mol. The molecule has 70 valence electrons. The first-order valence-corrected chi connectivity index (χ1v) is 4.24. The first kappa shape index (κ1) is 9.82. The lowest BCUT2D eigenvalue weighted by molar-refractivity contribution is -0.146. The third-order valence-electron chi connectivity index (χ3n) is 1.98. The van der Waals surface area contributed by atoms with Crippen LogP contribution in [-0.4, -0.2) is 18.6 Å². The molecule has 0 spiro atoms. The maximum absolute atomic E-state index is 11.3. The van der Waals surface area contributed by atoms with E-state index in [2.05, 4.69) is 11.8 Å². The van der Waals surface area contributed by atoms with Gasteiger partial charge in [0.25, 0.3) is 0 Å². The fraction of sp³-hybridized carbons (Fsp3) is 0.500. The van der Waals surface area contributed by atoms with Crippen molar-refractivity contribution in [2.24, 2.45) is 11.7 Å². The lowest BCUT2D eigenvalue weighted by Crippen LogP contribution is -2.32. The number of rotatable bonds is 2. The van der Waals surface area contributed by atoms with Crippen LogP contribution in [0.5, 0.6) is 0 Å². The molecule has 0 aromatic carbocycles. The Morgan fingerprint density at radius 3 is 3.08 bits per heavy atom. The van der Waals surface area contributed by atoms with Gasteiger partial charge in [-0.25, -0.2) is 0 Å². The summed E-state index contributed by atoms with van der Waals surface area (Å²) < 4.78 is 4.90. The quantitative estimate of drug-likeness (QED) is 0.380. The van der Waals surface area contributed by atoms with Crippen molar-refractivity contribution in [3.8, 4) is 11.8 Å². The van der Waals surface area contributed by atoms with Crippen molar-refractivity contribution in [2.45, 2.75) is 19.4 Å². The number of hydrogen-bond acceptors (Lipinski definition) is 3. The molecule has 0 bridgehead atoms. The summed E-state index contributed by atoms with van der Waals surface area (Å²) >= 11 is 0. The first-order chi connectivity index (χ1) is 6.25. The van der Waals surface area contributed by atoms with Crippen molar-refractivity contribution in [1.82, 2.24) is 0 Å². The monoisotopic (exact) mass is 179 g/mol. The van der Waals surface area contributed by atoms with Gasteiger partial charge < -0.3 is 10.5 Å². The maximum Gasteiger partial charge on any atom is 0.312 e. The summed E-state index contributed by atoms with van der Waals surface area (Å²) in [6, 6.07) is -0.193. The van der Waals surface area contributed by atoms with Gasteiger partial charge in [0.1, 0.15) is 0 Å². The molecule has 2 atom stereocenters. The number of ether oxygens (including phenoxy) is 1. The van der Waals surface area contributed by atoms with E-state index in [1.807, 2.05) is 12.2 Å². The molecular weight excluding hydrogens is 166 g/mol. The van der Waals surface area contributed by atoms with Crippen LogP contribution in [0.15, 0.2) is 12.2 Å². The van der Waals surface area contributed by atoms with Crippen LogP contribution in [0.3, 0.4) is 0 Å². The van der Waals surface area contributed by atoms with E-state index in [-0.39, 0.29) is 24.5 Å². The van der Waals surface area contributed by atoms with E-state index >= 15 is 0 Å². The Kier molecular flexibility index (Phi) is 3.53. The lowest BCUT2D eigenvalue weighted by Gasteiger charge is -2.12. The molecule has 0 aromatic rings. The average Bonchev–Trinajstić information content (AvgIpc) is 2.52. The van der Waals surface area contributed by atoms with Crippen LogP contribution >= 0.6 is 0 Å². The normalized spacial score (nSPS) is 25.1. The minimum atomic E-state index is -0.250. The van der Waals surface area contributed by atoms with E-state index < -0.39 is 0 Å². The molecule has 1 aliphatic carbocycles. The van der Waals surface area contributed by atoms with Gasteiger partial charge >= 0.3 is 5.97 Å². The molecule has 0 saturated carbocycles. The molecule has 1 rings (SSSR count). The molecule has 0 amide bonds. The second kappa shape index (κ2) is 4.68. The van der Waals surface area contributed by atoms with Crippen molar-refractivity contribution >= 4 is 5.97 Å². The second-order valence-electron chi connectivity index (χ2n) is 2.88. The molecule has 3 nitrogen and oxygen atoms in total. The van der Waals surface area contributed by atoms with Gasteiger partial charge in [-0.15, -0.1) is 5.92 Å². The standard InChI is InChI=1S/C10H13NO2/c1-2-3-7-13-10(12)8-5-4-6-9(8)11/h4,6,8-9H,5,7,11H2,1H3. The molecule has 0 saturated heterocycles. The van der Waals surface area contributed by atoms with Gasteiger partial charge in [0.05, 0.1) is 5.92 Å². The number of carbonyl (C=O) groups excluding carboxylic acids is 1. The minimum Gasteiger partial charge on any atom is -0.452 e. The molecule has 0 heterocycles. The Balaban J connectivity index is 2.34. The molecule has 13 heavy (non-hydrogen) atoms. The Hall–Kier alpha value is -1.27. The summed E-state index contributed by atoms with van der Waals surface area (Å²) in [6.45, 7) is 1.87. The van der Waals surface area contributed by atoms with E-state index in [1.165, 1.54) is 0 Å². The second-order valence-corrected chi connectivity index (χ2v) is 2.88. The molecule has 1 aliphatic rings. The number of nitrogens with two attached hydrogens (primary N) is 1. The highest BCUT2D eigenvalue weighted by molar-refractivity contribution is 5.74. The zero-order valence-electron chi connectivity index (χ0n) is 7.62. The fourth-order valence-electron chi connectivity index (χ4n) is 1.21. The highest BCUT2D eigenvalue weighted by atomic mass is 16.5. The van der Waals surface area contributed by atoms with Crippen molar-refractivity contribution in [1.29, 1.82) is 0 Å². The number of carbonyl (C=O) groups is 1. The summed E-state index contributed by atoms with van der Waals surface area (Å²) in [5.41, 5.74) is 5.66. The predicted octanol–water partition coefficient (Wildman–Crippen LogP) is 0.456. The highest BCUT2D eigenvalue weighted by Gasteiger charge is 2.27. The van der Waals surface area contributed by atoms with Crippen LogP contribution in [0.2, 0.25) is 0 Å². The highest BCUT2D eigenvalue weighted by Crippen LogP contribution is 2.18. The Morgan fingerprint density at radius 2 is 2.54 bits per heavy atom. The van der Waals surface area contributed by atoms with Crippen LogP contribution in [0.25, 0.3) is 0 Å². The molecule has 3 heteroatoms. The van der Waals surface area contributed by atoms with E-state index in [9.17, 15) is 4.79 Å². The zero-order chi connectivity index (χ0) is 9.68. The fourth-order valence-corrected chi connectivity index (χ4v) is 1.21. The van der Waals surface area contributed by atoms with Gasteiger partial charge in [-0.2, -0.15) is 0 Å². The van der Waals surface area contributed by atoms with Crippen LogP contribution in [0, 0.1) is 17.8 Å². The SMILES string of the molecule is CC#CCOC(=O)C1CC=CC1N. The topological polar surface area (TPSA) is 52.3 Å². The summed E-state index contributed by atoms with van der Waals surface area (Å²) in [7, 11) is 0. The third kappa shape index (κ3) is 2.60. The van der Waals surface area contributed by atoms with Crippen LogP contribution in [0.4, 0.5) is 0 Å². The van der Waals surface area contributed by atoms with Crippen molar-refractivity contribution in [2.75, 3.05) is 6.61 Å². The summed E-state index contributed by atoms with van der Waals surface area (Å²) in [5.74, 6) is 4.85. The Bertz CT molecular complexity index is 272. The van der Waals surface area contributed by atoms with E-state index in [4.69, 9.17) is 10.5 Å². The van der Waals surface area contributed by atoms with Crippen LogP contribution in [-0.2, 0) is 9.53 Å². The van der Waals surface area contributed by atoms with E-state index in [0.29, 0.717) is 6.42 Å². The minimum absolute atomic E-state index is 0.165. The van der Waals surface area contributed by atoms with Gasteiger partial charge in [0.2, 0.25) is 0 Å². The summed E-state index contributed by atoms with van der Waals surface area (Å²) in [4.78, 5) is 11.3. The third-order valence-corrected chi connectivity index (χ3v) is 1.98. The number of allylic oxidation sites excluding steroid dienone is 1. The van der Waals surface area contributed by atoms with Crippen LogP contribution < -0.4 is 5.73 Å². The summed E-state index contributed by atoms with van der Waals surface area (Å²) in [5, 5.41) is 0. The number of hydrogen-bond donors (Lipinski definition) is 1. The van der Waals surface area contributed by atoms with Gasteiger partial charge in [-0.3, -0.25) is 4.79 Å². The van der Waals surface area contributed by atoms with Crippen molar-refractivity contribution < 1.29 is 9.53 Å². The van der Waals surface area contributed by atoms with E-state index in [0.717, 1.165) is 0 Å². The Morgan fingerprint density at radius 1 is 1.77 bits per heavy atom. The Labute approximate surface area is 77.9 Å². The van der Waals surface area contributed by atoms with Gasteiger partial charge in [0, 0.05) is 6.04 Å². The van der Waals surface area contributed by atoms with Crippen LogP contribution in [0.1, 0.15) is 13.3 Å². The maximum atomic E-state index is 11.3. The predicted molar refractivity (Wildman–Crippen MR) is 49.6 cm³/mol. The smallest absolute Gasteiger partial charge is 0.312 e. The zero-order valence-corrected chi connectivity index (χ0v) is 7.62. The van der Waals surface area contributed by atoms with Crippen molar-refractivity contribution in [3.05, 3.63) is 12.2 Å². The molecule has 2 N–H and O–H groups in total. The van der Waals surface area contributed by atoms with Gasteiger partial charge in [-0.1, -0.05) is 18.1 Å². The van der Waals surface area contributed by atoms with E-state index in [1.54, 1.807) is 6.92 Å². The molecule has 0 radical (unpaired) electrons. The molecule has 2 unspecified atom stereocenters. The van der Waals surface area contributed by atoms with Gasteiger partial charge in [0.15, 0.2) is 6.61 Å². The molecule has 0 aliphatic heterocycles. The molecule has 0 fully saturated rings. The molecule has 0 aromatic heterocycles. The largest absolute Gasteiger partial charge is 0.452 e. The van der Waals surface area contributed by atoms with Crippen molar-refractivity contribution in [3.63, 3.8) is 0 Å². The first-order valence-electron chi connectivity index (χ1n) is 4.24. The molecular formula is C10H13NO2. The lowest BCUT2D eigenvalue weighted by atomic mass is 10.0. The summed E-state index contributed by atoms with van der Waals surface area (Å²) in [6.07, 6.45) is 4.42. The van der Waals surface area contributed by atoms with Gasteiger partial charge in [-0.05, 0) is 13.3 Å². The number of esters is 1.